The van der Waals surface area contributed by atoms with E-state index in [0.29, 0.717) is 5.56 Å². The Bertz CT molecular complexity index is 695. The monoisotopic (exact) mass is 310 g/mol. The van der Waals surface area contributed by atoms with E-state index in [9.17, 15) is 13.2 Å². The summed E-state index contributed by atoms with van der Waals surface area (Å²) in [5, 5.41) is 8.59. The van der Waals surface area contributed by atoms with Gasteiger partial charge in [-0.25, -0.2) is 13.5 Å². The lowest BCUT2D eigenvalue weighted by atomic mass is 10.2. The summed E-state index contributed by atoms with van der Waals surface area (Å²) in [6, 6.07) is 5.65. The molecule has 0 aliphatic rings. The smallest absolute Gasteiger partial charge is 0.258 e. The van der Waals surface area contributed by atoms with Gasteiger partial charge in [0, 0.05) is 12.7 Å². The molecule has 2 aromatic rings. The molecule has 9 heteroatoms. The first-order valence-electron chi connectivity index (χ1n) is 6.01. The van der Waals surface area contributed by atoms with E-state index >= 15 is 0 Å². The van der Waals surface area contributed by atoms with E-state index < -0.39 is 15.7 Å². The van der Waals surface area contributed by atoms with Gasteiger partial charge in [-0.3, -0.25) is 10.1 Å². The molecule has 0 unspecified atom stereocenters. The van der Waals surface area contributed by atoms with Crippen molar-refractivity contribution in [2.24, 2.45) is 0 Å². The predicted molar refractivity (Wildman–Crippen MR) is 74.7 cm³/mol. The van der Waals surface area contributed by atoms with Crippen molar-refractivity contribution in [3.63, 3.8) is 0 Å². The number of carbonyl (C=O) groups excluding carboxylic acids is 1. The van der Waals surface area contributed by atoms with E-state index in [2.05, 4.69) is 20.5 Å². The third-order valence-corrected chi connectivity index (χ3v) is 4.37. The topological polar surface area (TPSA) is 114 Å². The largest absolute Gasteiger partial charge is 0.384 e. The number of aromatic nitrogens is 3. The zero-order valence-electron chi connectivity index (χ0n) is 11.2. The van der Waals surface area contributed by atoms with Crippen molar-refractivity contribution in [3.05, 3.63) is 36.2 Å². The van der Waals surface area contributed by atoms with Crippen LogP contribution in [0.2, 0.25) is 0 Å². The number of ether oxygens (including phenoxy) is 1. The summed E-state index contributed by atoms with van der Waals surface area (Å²) < 4.78 is 28.6. The van der Waals surface area contributed by atoms with Crippen LogP contribution in [0, 0.1) is 0 Å². The normalized spacial score (nSPS) is 11.3. The third-order valence-electron chi connectivity index (χ3n) is 2.68. The molecule has 0 atom stereocenters. The molecule has 1 heterocycles. The number of hydrogen-bond acceptors (Lipinski definition) is 6. The minimum atomic E-state index is -3.40. The fraction of sp³-hybridized carbons (Fsp3) is 0.250. The number of aromatic amines is 1. The van der Waals surface area contributed by atoms with Gasteiger partial charge in [0.05, 0.1) is 17.3 Å². The quantitative estimate of drug-likeness (QED) is 0.802. The minimum absolute atomic E-state index is 0.104. The average molecular weight is 310 g/mol. The molecule has 0 bridgehead atoms. The highest BCUT2D eigenvalue weighted by molar-refractivity contribution is 7.91. The zero-order chi connectivity index (χ0) is 15.3. The second-order valence-corrected chi connectivity index (χ2v) is 6.23. The van der Waals surface area contributed by atoms with Crippen LogP contribution in [0.4, 0.5) is 5.95 Å². The standard InChI is InChI=1S/C12H14N4O4S/c1-20-6-7-21(18,19)10-4-2-9(3-5-10)11(17)15-12-13-8-14-16-12/h2-5,8H,6-7H2,1H3,(H2,13,14,15,16,17). The molecule has 8 nitrogen and oxygen atoms in total. The van der Waals surface area contributed by atoms with Crippen LogP contribution >= 0.6 is 0 Å². The van der Waals surface area contributed by atoms with Crippen molar-refractivity contribution in [2.75, 3.05) is 24.8 Å². The van der Waals surface area contributed by atoms with Crippen LogP contribution in [-0.4, -0.2) is 49.0 Å². The van der Waals surface area contributed by atoms with E-state index in [4.69, 9.17) is 4.74 Å². The number of carbonyl (C=O) groups is 1. The number of nitrogens with zero attached hydrogens (tertiary/aromatic N) is 2. The fourth-order valence-corrected chi connectivity index (χ4v) is 2.74. The van der Waals surface area contributed by atoms with Gasteiger partial charge in [-0.2, -0.15) is 10.1 Å². The highest BCUT2D eigenvalue weighted by Crippen LogP contribution is 2.13. The van der Waals surface area contributed by atoms with Gasteiger partial charge < -0.3 is 4.74 Å². The highest BCUT2D eigenvalue weighted by atomic mass is 32.2. The summed E-state index contributed by atoms with van der Waals surface area (Å²) in [7, 11) is -1.96. The molecule has 0 radical (unpaired) electrons. The van der Waals surface area contributed by atoms with Crippen LogP contribution in [0.15, 0.2) is 35.5 Å². The summed E-state index contributed by atoms with van der Waals surface area (Å²) in [5.41, 5.74) is 0.317. The molecule has 0 aliphatic heterocycles. The maximum absolute atomic E-state index is 11.9. The van der Waals surface area contributed by atoms with Gasteiger partial charge in [0.2, 0.25) is 5.95 Å². The third kappa shape index (κ3) is 3.86. The summed E-state index contributed by atoms with van der Waals surface area (Å²) >= 11 is 0. The number of H-pyrrole nitrogens is 1. The average Bonchev–Trinajstić information content (AvgIpc) is 2.98. The maximum Gasteiger partial charge on any atom is 0.258 e. The fourth-order valence-electron chi connectivity index (χ4n) is 1.57. The van der Waals surface area contributed by atoms with Crippen LogP contribution < -0.4 is 5.32 Å². The predicted octanol–water partition coefficient (Wildman–Crippen LogP) is 0.477. The Labute approximate surface area is 121 Å². The molecular formula is C12H14N4O4S. The Kier molecular flexibility index (Phi) is 4.66. The number of sulfone groups is 1. The molecule has 1 aromatic heterocycles. The molecule has 0 spiro atoms. The van der Waals surface area contributed by atoms with Crippen LogP contribution in [0.25, 0.3) is 0 Å². The number of nitrogens with one attached hydrogen (secondary N) is 2. The lowest BCUT2D eigenvalue weighted by Crippen LogP contribution is -2.14. The summed E-state index contributed by atoms with van der Waals surface area (Å²) in [4.78, 5) is 15.8. The molecule has 0 saturated heterocycles. The summed E-state index contributed by atoms with van der Waals surface area (Å²) in [6.07, 6.45) is 1.26. The van der Waals surface area contributed by atoms with E-state index in [0.717, 1.165) is 0 Å². The molecule has 112 valence electrons. The Hall–Kier alpha value is -2.26. The summed E-state index contributed by atoms with van der Waals surface area (Å²) in [5.74, 6) is -0.294. The highest BCUT2D eigenvalue weighted by Gasteiger charge is 2.15. The SMILES string of the molecule is COCCS(=O)(=O)c1ccc(C(=O)Nc2ncn[nH]2)cc1. The second-order valence-electron chi connectivity index (χ2n) is 4.12. The number of benzene rings is 1. The van der Waals surface area contributed by atoms with Crippen molar-refractivity contribution < 1.29 is 17.9 Å². The van der Waals surface area contributed by atoms with Gasteiger partial charge in [0.25, 0.3) is 5.91 Å². The van der Waals surface area contributed by atoms with Crippen molar-refractivity contribution in [3.8, 4) is 0 Å². The number of hydrogen-bond donors (Lipinski definition) is 2. The van der Waals surface area contributed by atoms with Gasteiger partial charge in [0.15, 0.2) is 9.84 Å². The van der Waals surface area contributed by atoms with Gasteiger partial charge in [-0.05, 0) is 24.3 Å². The number of amides is 1. The van der Waals surface area contributed by atoms with E-state index in [1.54, 1.807) is 0 Å². The van der Waals surface area contributed by atoms with Crippen LogP contribution in [0.5, 0.6) is 0 Å². The molecule has 0 fully saturated rings. The molecular weight excluding hydrogens is 296 g/mol. The van der Waals surface area contributed by atoms with Crippen molar-refractivity contribution in [2.45, 2.75) is 4.90 Å². The zero-order valence-corrected chi connectivity index (χ0v) is 12.1. The first-order valence-corrected chi connectivity index (χ1v) is 7.66. The second kappa shape index (κ2) is 6.46. The van der Waals surface area contributed by atoms with Crippen molar-refractivity contribution >= 4 is 21.7 Å². The first-order chi connectivity index (χ1) is 10.0. The van der Waals surface area contributed by atoms with E-state index in [-0.39, 0.29) is 23.2 Å². The van der Waals surface area contributed by atoms with Gasteiger partial charge in [-0.1, -0.05) is 0 Å². The van der Waals surface area contributed by atoms with Crippen molar-refractivity contribution in [1.29, 1.82) is 0 Å². The lowest BCUT2D eigenvalue weighted by Gasteiger charge is -2.05. The summed E-state index contributed by atoms with van der Waals surface area (Å²) in [6.45, 7) is 0.121. The Morgan fingerprint density at radius 2 is 2.05 bits per heavy atom. The molecule has 1 aromatic carbocycles. The van der Waals surface area contributed by atoms with Crippen LogP contribution in [-0.2, 0) is 14.6 Å². The van der Waals surface area contributed by atoms with Crippen molar-refractivity contribution in [1.82, 2.24) is 15.2 Å². The van der Waals surface area contributed by atoms with Crippen LogP contribution in [0.1, 0.15) is 10.4 Å². The molecule has 2 rings (SSSR count). The maximum atomic E-state index is 11.9. The molecule has 0 aliphatic carbocycles. The van der Waals surface area contributed by atoms with E-state index in [1.165, 1.54) is 37.7 Å². The molecule has 1 amide bonds. The molecule has 0 saturated carbocycles. The van der Waals surface area contributed by atoms with Gasteiger partial charge >= 0.3 is 0 Å². The van der Waals surface area contributed by atoms with Gasteiger partial charge in [0.1, 0.15) is 6.33 Å². The van der Waals surface area contributed by atoms with E-state index in [1.807, 2.05) is 0 Å². The lowest BCUT2D eigenvalue weighted by molar-refractivity contribution is 0.102. The molecule has 2 N–H and O–H groups in total. The first kappa shape index (κ1) is 15.1. The van der Waals surface area contributed by atoms with Crippen LogP contribution in [0.3, 0.4) is 0 Å². The number of methoxy groups -OCH3 is 1. The minimum Gasteiger partial charge on any atom is -0.384 e. The Morgan fingerprint density at radius 3 is 2.62 bits per heavy atom. The van der Waals surface area contributed by atoms with Gasteiger partial charge in [-0.15, -0.1) is 0 Å². The number of rotatable bonds is 6. The number of anilines is 1. The Morgan fingerprint density at radius 1 is 1.33 bits per heavy atom. The molecule has 21 heavy (non-hydrogen) atoms. The Balaban J connectivity index is 2.10.